The maximum Gasteiger partial charge on any atom is 0.164 e. The molecule has 0 radical (unpaired) electrons. The van der Waals surface area contributed by atoms with E-state index in [1.807, 2.05) is 72.8 Å². The van der Waals surface area contributed by atoms with Crippen LogP contribution < -0.4 is 0 Å². The molecule has 8 bridgehead atoms. The Hall–Kier alpha value is -5.09. The average Bonchev–Trinajstić information content (AvgIpc) is 3.78. The highest BCUT2D eigenvalue weighted by Crippen LogP contribution is 2.47. The fourth-order valence-electron chi connectivity index (χ4n) is 5.78. The van der Waals surface area contributed by atoms with Gasteiger partial charge in [0, 0.05) is 33.4 Å². The Morgan fingerprint density at radius 1 is 0.455 bits per heavy atom. The molecule has 0 spiro atoms. The second-order valence-corrected chi connectivity index (χ2v) is 11.4. The summed E-state index contributed by atoms with van der Waals surface area (Å²) in [5.41, 5.74) is 5.51. The second-order valence-electron chi connectivity index (χ2n) is 10.3. The van der Waals surface area contributed by atoms with Crippen LogP contribution in [0.4, 0.5) is 0 Å². The van der Waals surface area contributed by atoms with Crippen molar-refractivity contribution in [2.45, 2.75) is 0 Å². The molecule has 9 nitrogen and oxygen atoms in total. The van der Waals surface area contributed by atoms with Gasteiger partial charge in [-0.2, -0.15) is 0 Å². The summed E-state index contributed by atoms with van der Waals surface area (Å²) in [4.78, 5) is 35.9. The lowest BCUT2D eigenvalue weighted by molar-refractivity contribution is 0.482. The number of phenolic OH excluding ortho intramolecular Hbond substituents is 1. The zero-order valence-electron chi connectivity index (χ0n) is 22.2. The Bertz CT molecular complexity index is 2300. The second kappa shape index (κ2) is 9.20. The van der Waals surface area contributed by atoms with Crippen molar-refractivity contribution in [1.82, 2.24) is 39.9 Å². The number of hydrogen-bond donors (Lipinski definition) is 3. The maximum absolute atomic E-state index is 11.2. The predicted octanol–water partition coefficient (Wildman–Crippen LogP) is 8.44. The Morgan fingerprint density at radius 3 is 1.41 bits per heavy atom. The monoisotopic (exact) mass is 632 g/mol. The van der Waals surface area contributed by atoms with Crippen molar-refractivity contribution in [2.75, 3.05) is 0 Å². The van der Waals surface area contributed by atoms with E-state index in [1.165, 1.54) is 0 Å². The van der Waals surface area contributed by atoms with Crippen molar-refractivity contribution in [1.29, 1.82) is 0 Å². The molecular weight excluding hydrogens is 619 g/mol. The number of nitrogens with zero attached hydrogens (tertiary/aromatic N) is 6. The van der Waals surface area contributed by atoms with Gasteiger partial charge in [-0.25, -0.2) is 29.9 Å². The number of aromatic hydroxyl groups is 1. The SMILES string of the molecule is Oc1c(Cl)c(Cl)c(Cl)c2c3[nH]c4nc(nc5nc(nc6nc(nc([nH]3)c12)-c1ccccc1-6)-c1ccccc1-5)-c1ccccc1-4. The van der Waals surface area contributed by atoms with Gasteiger partial charge in [-0.05, 0) is 0 Å². The number of H-pyrrole nitrogens is 2. The molecule has 3 N–H and O–H groups in total. The molecule has 0 atom stereocenters. The van der Waals surface area contributed by atoms with Gasteiger partial charge in [-0.15, -0.1) is 0 Å². The normalized spacial score (nSPS) is 12.1. The fourth-order valence-corrected chi connectivity index (χ4v) is 6.48. The zero-order chi connectivity index (χ0) is 29.7. The smallest absolute Gasteiger partial charge is 0.164 e. The first kappa shape index (κ1) is 25.4. The third-order valence-electron chi connectivity index (χ3n) is 7.80. The van der Waals surface area contributed by atoms with Gasteiger partial charge in [0.25, 0.3) is 0 Å². The maximum atomic E-state index is 11.2. The lowest BCUT2D eigenvalue weighted by atomic mass is 10.1. The van der Waals surface area contributed by atoms with Crippen LogP contribution in [0, 0.1) is 0 Å². The summed E-state index contributed by atoms with van der Waals surface area (Å²) in [6.07, 6.45) is 0. The van der Waals surface area contributed by atoms with Crippen molar-refractivity contribution < 1.29 is 5.11 Å². The Kier molecular flexibility index (Phi) is 5.32. The van der Waals surface area contributed by atoms with Gasteiger partial charge in [0.05, 0.1) is 20.8 Å². The number of benzene rings is 4. The van der Waals surface area contributed by atoms with E-state index in [0.717, 1.165) is 33.4 Å². The molecule has 0 fully saturated rings. The van der Waals surface area contributed by atoms with Crippen LogP contribution in [0.25, 0.3) is 90.4 Å². The minimum absolute atomic E-state index is 0.0107. The number of hydrogen-bond acceptors (Lipinski definition) is 7. The topological polar surface area (TPSA) is 129 Å². The van der Waals surface area contributed by atoms with E-state index in [1.54, 1.807) is 0 Å². The third-order valence-corrected chi connectivity index (χ3v) is 9.11. The summed E-state index contributed by atoms with van der Waals surface area (Å²) in [6, 6.07) is 23.2. The number of halogens is 3. The first-order chi connectivity index (χ1) is 21.5. The minimum Gasteiger partial charge on any atom is -0.506 e. The first-order valence-corrected chi connectivity index (χ1v) is 14.6. The summed E-state index contributed by atoms with van der Waals surface area (Å²) in [6.45, 7) is 0. The van der Waals surface area contributed by atoms with Gasteiger partial charge >= 0.3 is 0 Å². The van der Waals surface area contributed by atoms with E-state index in [4.69, 9.17) is 64.7 Å². The molecule has 0 saturated heterocycles. The van der Waals surface area contributed by atoms with Crippen molar-refractivity contribution >= 4 is 56.9 Å². The first-order valence-electron chi connectivity index (χ1n) is 13.5. The van der Waals surface area contributed by atoms with E-state index in [-0.39, 0.29) is 31.9 Å². The van der Waals surface area contributed by atoms with Gasteiger partial charge in [0.15, 0.2) is 29.1 Å². The highest BCUT2D eigenvalue weighted by atomic mass is 35.5. The highest BCUT2D eigenvalue weighted by molar-refractivity contribution is 6.52. The van der Waals surface area contributed by atoms with Crippen molar-refractivity contribution in [3.8, 4) is 74.1 Å². The van der Waals surface area contributed by atoms with Crippen LogP contribution >= 0.6 is 34.8 Å². The molecule has 9 rings (SSSR count). The lowest BCUT2D eigenvalue weighted by Crippen LogP contribution is -1.85. The van der Waals surface area contributed by atoms with Crippen molar-refractivity contribution in [3.05, 3.63) is 87.9 Å². The number of phenols is 1. The van der Waals surface area contributed by atoms with E-state index >= 15 is 0 Å². The summed E-state index contributed by atoms with van der Waals surface area (Å²) in [7, 11) is 0. The summed E-state index contributed by atoms with van der Waals surface area (Å²) in [5.74, 6) is 2.50. The van der Waals surface area contributed by atoms with Crippen LogP contribution in [0.1, 0.15) is 0 Å². The van der Waals surface area contributed by atoms with E-state index in [9.17, 15) is 5.11 Å². The van der Waals surface area contributed by atoms with Gasteiger partial charge in [0.2, 0.25) is 0 Å². The third kappa shape index (κ3) is 3.54. The van der Waals surface area contributed by atoms with Gasteiger partial charge in [-0.3, -0.25) is 0 Å². The molecule has 5 heterocycles. The van der Waals surface area contributed by atoms with E-state index in [2.05, 4.69) is 9.97 Å². The summed E-state index contributed by atoms with van der Waals surface area (Å²) < 4.78 is 0. The molecule has 0 unspecified atom stereocenters. The number of aromatic nitrogens is 8. The molecule has 4 aromatic carbocycles. The molecule has 0 aliphatic carbocycles. The van der Waals surface area contributed by atoms with Crippen molar-refractivity contribution in [3.63, 3.8) is 0 Å². The van der Waals surface area contributed by atoms with Crippen LogP contribution in [-0.2, 0) is 0 Å². The van der Waals surface area contributed by atoms with Gasteiger partial charge in [-0.1, -0.05) is 108 Å². The van der Waals surface area contributed by atoms with Crippen LogP contribution in [0.2, 0.25) is 15.1 Å². The quantitative estimate of drug-likeness (QED) is 0.143. The predicted molar refractivity (Wildman–Crippen MR) is 171 cm³/mol. The van der Waals surface area contributed by atoms with E-state index < -0.39 is 0 Å². The largest absolute Gasteiger partial charge is 0.506 e. The van der Waals surface area contributed by atoms with Crippen LogP contribution in [0.3, 0.4) is 0 Å². The number of aromatic amines is 2. The molecule has 210 valence electrons. The summed E-state index contributed by atoms with van der Waals surface area (Å²) >= 11 is 19.6. The molecule has 2 aromatic heterocycles. The molecule has 44 heavy (non-hydrogen) atoms. The standard InChI is InChI=1S/C32H15Cl3N8O/c33-21-19-20(24(44)23(35)22(21)34)32-42-30-18-12-6-4-10-16(18)28(40-30)38-26-14-8-2-1-7-13(14)25(36-26)37-27-15-9-3-5-11-17(15)29(39-27)41-31(19)43-32/h1-12,44H,(H2,36,37,38,39,40,41,42,43). The Morgan fingerprint density at radius 2 is 0.886 bits per heavy atom. The number of fused-ring (bicyclic) bond motifs is 20. The Labute approximate surface area is 262 Å². The molecule has 0 amide bonds. The van der Waals surface area contributed by atoms with Crippen LogP contribution in [0.5, 0.6) is 5.75 Å². The molecule has 3 aliphatic rings. The van der Waals surface area contributed by atoms with E-state index in [0.29, 0.717) is 46.0 Å². The van der Waals surface area contributed by atoms with Crippen LogP contribution in [-0.4, -0.2) is 45.0 Å². The van der Waals surface area contributed by atoms with Gasteiger partial charge < -0.3 is 15.1 Å². The molecule has 3 aliphatic heterocycles. The number of nitrogens with one attached hydrogen (secondary N) is 2. The molecular formula is C32H15Cl3N8O. The van der Waals surface area contributed by atoms with Crippen LogP contribution in [0.15, 0.2) is 72.8 Å². The molecule has 6 aromatic rings. The minimum atomic E-state index is -0.270. The summed E-state index contributed by atoms with van der Waals surface area (Å²) in [5, 5.41) is 11.9. The number of rotatable bonds is 0. The molecule has 0 saturated carbocycles. The van der Waals surface area contributed by atoms with Crippen molar-refractivity contribution in [2.24, 2.45) is 0 Å². The Balaban J connectivity index is 1.51. The highest BCUT2D eigenvalue weighted by Gasteiger charge is 2.26. The average molecular weight is 634 g/mol. The molecule has 12 heteroatoms. The zero-order valence-corrected chi connectivity index (χ0v) is 24.5. The fraction of sp³-hybridized carbons (Fsp3) is 0. The lowest BCUT2D eigenvalue weighted by Gasteiger charge is -2.05. The van der Waals surface area contributed by atoms with Gasteiger partial charge in [0.1, 0.15) is 27.9 Å².